The topological polar surface area (TPSA) is 105 Å². The minimum absolute atomic E-state index is 0.00928. The Bertz CT molecular complexity index is 843. The highest BCUT2D eigenvalue weighted by atomic mass is 16.5. The third-order valence-corrected chi connectivity index (χ3v) is 6.42. The first-order valence-electron chi connectivity index (χ1n) is 10.9. The van der Waals surface area contributed by atoms with Crippen LogP contribution in [0.15, 0.2) is 30.3 Å². The quantitative estimate of drug-likeness (QED) is 0.511. The predicted octanol–water partition coefficient (Wildman–Crippen LogP) is 2.34. The summed E-state index contributed by atoms with van der Waals surface area (Å²) >= 11 is 0. The van der Waals surface area contributed by atoms with Crippen molar-refractivity contribution in [2.45, 2.75) is 64.0 Å². The van der Waals surface area contributed by atoms with E-state index >= 15 is 0 Å². The first kappa shape index (κ1) is 22.8. The van der Waals surface area contributed by atoms with E-state index in [0.717, 1.165) is 29.7 Å². The Morgan fingerprint density at radius 1 is 1.23 bits per heavy atom. The fourth-order valence-electron chi connectivity index (χ4n) is 4.35. The molecule has 1 spiro atoms. The lowest BCUT2D eigenvalue weighted by Gasteiger charge is -2.36. The van der Waals surface area contributed by atoms with Crippen molar-refractivity contribution >= 4 is 23.8 Å². The van der Waals surface area contributed by atoms with Crippen molar-refractivity contribution in [1.29, 1.82) is 0 Å². The van der Waals surface area contributed by atoms with Gasteiger partial charge in [-0.15, -0.1) is 0 Å². The number of rotatable bonds is 7. The number of hydrogen-bond acceptors (Lipinski definition) is 5. The number of hydrogen-bond donors (Lipinski definition) is 2. The van der Waals surface area contributed by atoms with Gasteiger partial charge in [-0.2, -0.15) is 0 Å². The second-order valence-electron chi connectivity index (χ2n) is 8.63. The Kier molecular flexibility index (Phi) is 6.97. The van der Waals surface area contributed by atoms with Crippen molar-refractivity contribution in [3.05, 3.63) is 35.9 Å². The van der Waals surface area contributed by atoms with Crippen LogP contribution >= 0.6 is 0 Å². The second-order valence-corrected chi connectivity index (χ2v) is 8.63. The molecule has 1 saturated carbocycles. The van der Waals surface area contributed by atoms with E-state index in [1.165, 1.54) is 6.92 Å². The van der Waals surface area contributed by atoms with Crippen LogP contribution in [0.2, 0.25) is 0 Å². The van der Waals surface area contributed by atoms with Crippen LogP contribution < -0.4 is 10.6 Å². The summed E-state index contributed by atoms with van der Waals surface area (Å²) in [5, 5.41) is 5.57. The molecule has 4 amide bonds. The summed E-state index contributed by atoms with van der Waals surface area (Å²) in [6, 6.07) is 9.19. The molecule has 2 fully saturated rings. The summed E-state index contributed by atoms with van der Waals surface area (Å²) < 4.78 is 5.19. The molecule has 1 heterocycles. The van der Waals surface area contributed by atoms with Gasteiger partial charge >= 0.3 is 12.0 Å². The summed E-state index contributed by atoms with van der Waals surface area (Å²) in [5.74, 6) is -1.48. The molecule has 1 aromatic rings. The van der Waals surface area contributed by atoms with Gasteiger partial charge in [0, 0.05) is 6.54 Å². The molecule has 4 atom stereocenters. The van der Waals surface area contributed by atoms with Crippen LogP contribution in [0.3, 0.4) is 0 Å². The van der Waals surface area contributed by atoms with E-state index in [2.05, 4.69) is 10.6 Å². The van der Waals surface area contributed by atoms with Crippen LogP contribution in [0.4, 0.5) is 4.79 Å². The third-order valence-electron chi connectivity index (χ3n) is 6.42. The van der Waals surface area contributed by atoms with Gasteiger partial charge in [0.25, 0.3) is 11.8 Å². The number of carbonyl (C=O) groups excluding carboxylic acids is 4. The molecule has 0 aromatic heterocycles. The molecular formula is C23H31N3O5. The SMILES string of the molecule is C[C@H](OC(=O)CN1C(=O)N[C@@]2(CCCC[C@H]2C)C1=O)C(=O)NC[C@@H](C)c1ccccc1. The largest absolute Gasteiger partial charge is 0.451 e. The fourth-order valence-corrected chi connectivity index (χ4v) is 4.35. The first-order valence-corrected chi connectivity index (χ1v) is 10.9. The van der Waals surface area contributed by atoms with Crippen LogP contribution in [0.25, 0.3) is 0 Å². The van der Waals surface area contributed by atoms with Crippen LogP contribution in [0.5, 0.6) is 0 Å². The number of ether oxygens (including phenoxy) is 1. The fraction of sp³-hybridized carbons (Fsp3) is 0.565. The number of imide groups is 1. The van der Waals surface area contributed by atoms with Gasteiger partial charge in [-0.3, -0.25) is 19.3 Å². The molecule has 168 valence electrons. The molecule has 2 aliphatic rings. The molecule has 8 heteroatoms. The maximum Gasteiger partial charge on any atom is 0.327 e. The summed E-state index contributed by atoms with van der Waals surface area (Å²) in [4.78, 5) is 50.9. The molecule has 1 aliphatic heterocycles. The van der Waals surface area contributed by atoms with E-state index in [4.69, 9.17) is 4.74 Å². The normalized spacial score (nSPS) is 25.1. The number of urea groups is 1. The lowest BCUT2D eigenvalue weighted by molar-refractivity contribution is -0.157. The van der Waals surface area contributed by atoms with Crippen molar-refractivity contribution < 1.29 is 23.9 Å². The maximum atomic E-state index is 12.9. The van der Waals surface area contributed by atoms with E-state index in [0.29, 0.717) is 13.0 Å². The number of nitrogens with zero attached hydrogens (tertiary/aromatic N) is 1. The third kappa shape index (κ3) is 4.89. The van der Waals surface area contributed by atoms with Gasteiger partial charge in [-0.05, 0) is 37.2 Å². The van der Waals surface area contributed by atoms with Crippen LogP contribution in [-0.4, -0.2) is 53.4 Å². The van der Waals surface area contributed by atoms with Crippen molar-refractivity contribution in [3.63, 3.8) is 0 Å². The van der Waals surface area contributed by atoms with Gasteiger partial charge in [0.2, 0.25) is 0 Å². The Balaban J connectivity index is 1.50. The molecule has 1 saturated heterocycles. The molecule has 1 aromatic carbocycles. The molecule has 31 heavy (non-hydrogen) atoms. The van der Waals surface area contributed by atoms with Crippen LogP contribution in [0.1, 0.15) is 57.9 Å². The van der Waals surface area contributed by atoms with E-state index in [-0.39, 0.29) is 17.7 Å². The zero-order valence-electron chi connectivity index (χ0n) is 18.3. The molecule has 0 unspecified atom stereocenters. The van der Waals surface area contributed by atoms with Gasteiger partial charge in [-0.1, -0.05) is 57.0 Å². The minimum atomic E-state index is -1.03. The van der Waals surface area contributed by atoms with Crippen LogP contribution in [-0.2, 0) is 19.1 Å². The summed E-state index contributed by atoms with van der Waals surface area (Å²) in [6.45, 7) is 5.31. The summed E-state index contributed by atoms with van der Waals surface area (Å²) in [7, 11) is 0. The van der Waals surface area contributed by atoms with Crippen molar-refractivity contribution in [2.75, 3.05) is 13.1 Å². The molecule has 2 N–H and O–H groups in total. The summed E-state index contributed by atoms with van der Waals surface area (Å²) in [6.07, 6.45) is 2.27. The number of carbonyl (C=O) groups is 4. The monoisotopic (exact) mass is 429 g/mol. The number of amides is 4. The van der Waals surface area contributed by atoms with Gasteiger partial charge in [0.15, 0.2) is 6.10 Å². The molecule has 8 nitrogen and oxygen atoms in total. The second kappa shape index (κ2) is 9.49. The Morgan fingerprint density at radius 3 is 2.61 bits per heavy atom. The smallest absolute Gasteiger partial charge is 0.327 e. The number of nitrogens with one attached hydrogen (secondary N) is 2. The highest BCUT2D eigenvalue weighted by molar-refractivity contribution is 6.09. The van der Waals surface area contributed by atoms with Gasteiger partial charge in [-0.25, -0.2) is 4.79 Å². The van der Waals surface area contributed by atoms with Crippen molar-refractivity contribution in [2.24, 2.45) is 5.92 Å². The Labute approximate surface area is 182 Å². The zero-order valence-corrected chi connectivity index (χ0v) is 18.3. The molecular weight excluding hydrogens is 398 g/mol. The van der Waals surface area contributed by atoms with Crippen LogP contribution in [0, 0.1) is 5.92 Å². The average Bonchev–Trinajstić information content (AvgIpc) is 2.99. The predicted molar refractivity (Wildman–Crippen MR) is 114 cm³/mol. The first-order chi connectivity index (χ1) is 14.7. The van der Waals surface area contributed by atoms with Crippen molar-refractivity contribution in [3.8, 4) is 0 Å². The van der Waals surface area contributed by atoms with E-state index in [1.807, 2.05) is 44.2 Å². The number of benzene rings is 1. The lowest BCUT2D eigenvalue weighted by Crippen LogP contribution is -2.54. The Morgan fingerprint density at radius 2 is 1.94 bits per heavy atom. The number of esters is 1. The van der Waals surface area contributed by atoms with Gasteiger partial charge in [0.1, 0.15) is 12.1 Å². The molecule has 0 bridgehead atoms. The minimum Gasteiger partial charge on any atom is -0.451 e. The van der Waals surface area contributed by atoms with Crippen molar-refractivity contribution in [1.82, 2.24) is 15.5 Å². The molecule has 1 aliphatic carbocycles. The zero-order chi connectivity index (χ0) is 22.6. The summed E-state index contributed by atoms with van der Waals surface area (Å²) in [5.41, 5.74) is 0.170. The lowest BCUT2D eigenvalue weighted by atomic mass is 9.73. The highest BCUT2D eigenvalue weighted by Crippen LogP contribution is 2.38. The van der Waals surface area contributed by atoms with Gasteiger partial charge < -0.3 is 15.4 Å². The molecule has 3 rings (SSSR count). The molecule has 0 radical (unpaired) electrons. The van der Waals surface area contributed by atoms with Gasteiger partial charge in [0.05, 0.1) is 0 Å². The van der Waals surface area contributed by atoms with E-state index in [1.54, 1.807) is 0 Å². The standard InChI is InChI=1S/C23H31N3O5/c1-15(18-10-5-4-6-11-18)13-24-20(28)17(3)31-19(27)14-26-21(29)23(25-22(26)30)12-8-7-9-16(23)2/h4-6,10-11,15-17H,7-9,12-14H2,1-3H3,(H,24,28)(H,25,30)/t15-,16-,17+,23-/m1/s1. The highest BCUT2D eigenvalue weighted by Gasteiger charge is 2.55. The Hall–Kier alpha value is -2.90. The average molecular weight is 430 g/mol. The van der Waals surface area contributed by atoms with E-state index < -0.39 is 36.1 Å². The maximum absolute atomic E-state index is 12.9. The van der Waals surface area contributed by atoms with E-state index in [9.17, 15) is 19.2 Å².